The molecule has 1 heterocycles. The fourth-order valence-electron chi connectivity index (χ4n) is 2.50. The highest BCUT2D eigenvalue weighted by Crippen LogP contribution is 2.29. The number of H-pyrrole nitrogens is 1. The Hall–Kier alpha value is -2.35. The Kier molecular flexibility index (Phi) is 4.21. The van der Waals surface area contributed by atoms with Crippen LogP contribution in [0.4, 0.5) is 5.69 Å². The number of hydrogen-bond donors (Lipinski definition) is 3. The van der Waals surface area contributed by atoms with Crippen molar-refractivity contribution in [2.45, 2.75) is 39.5 Å². The summed E-state index contributed by atoms with van der Waals surface area (Å²) in [6.45, 7) is 8.84. The first kappa shape index (κ1) is 17.0. The van der Waals surface area contributed by atoms with Crippen LogP contribution in [-0.2, 0) is 10.0 Å². The van der Waals surface area contributed by atoms with Gasteiger partial charge in [0.15, 0.2) is 5.69 Å². The molecule has 7 nitrogen and oxygen atoms in total. The van der Waals surface area contributed by atoms with Crippen LogP contribution in [0.5, 0.6) is 0 Å². The first-order valence-electron chi connectivity index (χ1n) is 7.01. The Morgan fingerprint density at radius 3 is 2.13 bits per heavy atom. The number of nitrogens with zero attached hydrogens (tertiary/aromatic N) is 1. The average molecular weight is 336 g/mol. The van der Waals surface area contributed by atoms with Gasteiger partial charge < -0.3 is 5.73 Å². The van der Waals surface area contributed by atoms with Crippen LogP contribution in [0, 0.1) is 34.6 Å². The molecule has 0 aliphatic heterocycles. The van der Waals surface area contributed by atoms with Gasteiger partial charge in [0.25, 0.3) is 15.9 Å². The maximum Gasteiger partial charge on any atom is 0.271 e. The van der Waals surface area contributed by atoms with Crippen molar-refractivity contribution in [1.29, 1.82) is 0 Å². The minimum atomic E-state index is -3.89. The predicted octanol–water partition coefficient (Wildman–Crippen LogP) is 1.85. The third-order valence-corrected chi connectivity index (χ3v) is 5.61. The van der Waals surface area contributed by atoms with Gasteiger partial charge in [0.2, 0.25) is 0 Å². The normalized spacial score (nSPS) is 11.5. The van der Waals surface area contributed by atoms with Gasteiger partial charge in [-0.1, -0.05) is 6.07 Å². The Bertz CT molecular complexity index is 872. The quantitative estimate of drug-likeness (QED) is 0.789. The molecule has 0 radical (unpaired) electrons. The lowest BCUT2D eigenvalue weighted by molar-refractivity contribution is 0.0996. The zero-order valence-electron chi connectivity index (χ0n) is 13.7. The molecular weight excluding hydrogens is 316 g/mol. The van der Waals surface area contributed by atoms with Crippen molar-refractivity contribution in [1.82, 2.24) is 10.2 Å². The van der Waals surface area contributed by atoms with E-state index >= 15 is 0 Å². The molecule has 4 N–H and O–H groups in total. The lowest BCUT2D eigenvalue weighted by Crippen LogP contribution is -2.20. The minimum Gasteiger partial charge on any atom is -0.364 e. The lowest BCUT2D eigenvalue weighted by atomic mass is 10.0. The molecule has 124 valence electrons. The van der Waals surface area contributed by atoms with Gasteiger partial charge in [-0.2, -0.15) is 5.10 Å². The highest BCUT2D eigenvalue weighted by atomic mass is 32.2. The Morgan fingerprint density at radius 2 is 1.65 bits per heavy atom. The van der Waals surface area contributed by atoms with Gasteiger partial charge >= 0.3 is 0 Å². The molecule has 0 fully saturated rings. The van der Waals surface area contributed by atoms with Gasteiger partial charge in [0.1, 0.15) is 5.69 Å². The van der Waals surface area contributed by atoms with Gasteiger partial charge in [-0.05, 0) is 56.9 Å². The second kappa shape index (κ2) is 5.69. The summed E-state index contributed by atoms with van der Waals surface area (Å²) in [5.74, 6) is -0.805. The van der Waals surface area contributed by atoms with Crippen molar-refractivity contribution >= 4 is 21.6 Å². The number of carbonyl (C=O) groups excluding carboxylic acids is 1. The van der Waals surface area contributed by atoms with Gasteiger partial charge in [-0.15, -0.1) is 0 Å². The largest absolute Gasteiger partial charge is 0.364 e. The molecule has 23 heavy (non-hydrogen) atoms. The molecule has 0 bridgehead atoms. The van der Waals surface area contributed by atoms with Crippen molar-refractivity contribution in [3.8, 4) is 0 Å². The summed E-state index contributed by atoms with van der Waals surface area (Å²) in [5, 5.41) is 6.31. The fourth-order valence-corrected chi connectivity index (χ4v) is 4.25. The summed E-state index contributed by atoms with van der Waals surface area (Å²) in [4.78, 5) is 11.6. The monoisotopic (exact) mass is 336 g/mol. The summed E-state index contributed by atoms with van der Waals surface area (Å²) in [6.07, 6.45) is 0. The molecule has 2 aromatic rings. The number of nitrogens with one attached hydrogen (secondary N) is 2. The smallest absolute Gasteiger partial charge is 0.271 e. The van der Waals surface area contributed by atoms with E-state index in [2.05, 4.69) is 14.9 Å². The number of amides is 1. The highest BCUT2D eigenvalue weighted by Gasteiger charge is 2.26. The first-order chi connectivity index (χ1) is 10.6. The van der Waals surface area contributed by atoms with E-state index < -0.39 is 15.9 Å². The fraction of sp³-hybridized carbons (Fsp3) is 0.333. The van der Waals surface area contributed by atoms with Crippen LogP contribution in [0.2, 0.25) is 0 Å². The molecule has 1 aromatic carbocycles. The van der Waals surface area contributed by atoms with Crippen LogP contribution in [-0.4, -0.2) is 24.5 Å². The number of aromatic amines is 1. The Morgan fingerprint density at radius 1 is 1.13 bits per heavy atom. The summed E-state index contributed by atoms with van der Waals surface area (Å²) < 4.78 is 28.2. The minimum absolute atomic E-state index is 0.0791. The van der Waals surface area contributed by atoms with Crippen molar-refractivity contribution in [2.24, 2.45) is 5.73 Å². The number of carbonyl (C=O) groups is 1. The molecule has 0 unspecified atom stereocenters. The van der Waals surface area contributed by atoms with Crippen LogP contribution in [0.25, 0.3) is 0 Å². The third-order valence-electron chi connectivity index (χ3n) is 3.98. The van der Waals surface area contributed by atoms with Crippen molar-refractivity contribution in [3.63, 3.8) is 0 Å². The maximum atomic E-state index is 12.9. The second-order valence-electron chi connectivity index (χ2n) is 5.63. The predicted molar refractivity (Wildman–Crippen MR) is 88.0 cm³/mol. The Labute approximate surface area is 135 Å². The topological polar surface area (TPSA) is 118 Å². The van der Waals surface area contributed by atoms with Crippen molar-refractivity contribution < 1.29 is 13.2 Å². The van der Waals surface area contributed by atoms with Crippen molar-refractivity contribution in [2.75, 3.05) is 4.72 Å². The van der Waals surface area contributed by atoms with E-state index in [1.165, 1.54) is 0 Å². The summed E-state index contributed by atoms with van der Waals surface area (Å²) in [5.41, 5.74) is 8.70. The number of nitrogens with two attached hydrogens (primary N) is 1. The second-order valence-corrected chi connectivity index (χ2v) is 7.25. The zero-order chi connectivity index (χ0) is 17.5. The number of primary amides is 1. The van der Waals surface area contributed by atoms with E-state index in [0.29, 0.717) is 16.8 Å². The van der Waals surface area contributed by atoms with Crippen molar-refractivity contribution in [3.05, 3.63) is 39.7 Å². The van der Waals surface area contributed by atoms with E-state index in [4.69, 9.17) is 5.73 Å². The van der Waals surface area contributed by atoms with Gasteiger partial charge in [-0.25, -0.2) is 8.42 Å². The van der Waals surface area contributed by atoms with E-state index in [1.54, 1.807) is 20.8 Å². The number of benzene rings is 1. The van der Waals surface area contributed by atoms with E-state index in [0.717, 1.165) is 11.1 Å². The zero-order valence-corrected chi connectivity index (χ0v) is 14.6. The van der Waals surface area contributed by atoms with Crippen LogP contribution in [0.1, 0.15) is 38.4 Å². The van der Waals surface area contributed by atoms with Gasteiger partial charge in [0.05, 0.1) is 10.6 Å². The summed E-state index contributed by atoms with van der Waals surface area (Å²) in [6, 6.07) is 1.95. The SMILES string of the molecule is Cc1cc(C)c(C)c(S(=O)(=O)Nc2c(C(N)=O)n[nH]c2C)c1C. The molecule has 2 rings (SSSR count). The third kappa shape index (κ3) is 2.94. The average Bonchev–Trinajstić information content (AvgIpc) is 2.77. The molecule has 0 atom stereocenters. The van der Waals surface area contributed by atoms with E-state index in [-0.39, 0.29) is 16.3 Å². The number of rotatable bonds is 4. The number of aromatic nitrogens is 2. The van der Waals surface area contributed by atoms with Gasteiger partial charge in [0, 0.05) is 0 Å². The Balaban J connectivity index is 2.62. The first-order valence-corrected chi connectivity index (χ1v) is 8.49. The maximum absolute atomic E-state index is 12.9. The summed E-state index contributed by atoms with van der Waals surface area (Å²) >= 11 is 0. The number of aryl methyl sites for hydroxylation is 3. The number of sulfonamides is 1. The number of anilines is 1. The molecule has 0 spiro atoms. The summed E-state index contributed by atoms with van der Waals surface area (Å²) in [7, 11) is -3.89. The molecule has 1 amide bonds. The van der Waals surface area contributed by atoms with E-state index in [1.807, 2.05) is 19.9 Å². The van der Waals surface area contributed by atoms with E-state index in [9.17, 15) is 13.2 Å². The molecule has 8 heteroatoms. The standard InChI is InChI=1S/C15H20N4O3S/c1-7-6-8(2)10(4)14(9(7)3)23(21,22)19-12-11(5)17-18-13(12)15(16)20/h6,19H,1-5H3,(H2,16,20)(H,17,18). The molecule has 0 saturated carbocycles. The van der Waals surface area contributed by atoms with Gasteiger partial charge in [-0.3, -0.25) is 14.6 Å². The molecule has 0 aliphatic rings. The molecule has 0 saturated heterocycles. The van der Waals surface area contributed by atoms with Crippen LogP contribution in [0.15, 0.2) is 11.0 Å². The van der Waals surface area contributed by atoms with Crippen LogP contribution in [0.3, 0.4) is 0 Å². The molecule has 1 aromatic heterocycles. The molecular formula is C15H20N4O3S. The lowest BCUT2D eigenvalue weighted by Gasteiger charge is -2.16. The van der Waals surface area contributed by atoms with Crippen LogP contribution < -0.4 is 10.5 Å². The highest BCUT2D eigenvalue weighted by molar-refractivity contribution is 7.92. The molecule has 0 aliphatic carbocycles. The van der Waals surface area contributed by atoms with Crippen LogP contribution >= 0.6 is 0 Å². The number of hydrogen-bond acceptors (Lipinski definition) is 4.